The third kappa shape index (κ3) is 4.55. The lowest BCUT2D eigenvalue weighted by Crippen LogP contribution is -2.01. The molecule has 4 heterocycles. The molecule has 0 spiro atoms. The molecule has 0 aliphatic rings. The molecular formula is C49H28N4OS. The summed E-state index contributed by atoms with van der Waals surface area (Å²) in [4.78, 5) is 15.6. The van der Waals surface area contributed by atoms with Crippen molar-refractivity contribution in [1.29, 1.82) is 0 Å². The van der Waals surface area contributed by atoms with E-state index in [0.29, 0.717) is 17.5 Å². The summed E-state index contributed by atoms with van der Waals surface area (Å²) >= 11 is 1.81. The number of hydrogen-bond acceptors (Lipinski definition) is 5. The van der Waals surface area contributed by atoms with E-state index in [0.717, 1.165) is 55.3 Å². The number of rotatable bonds is 4. The van der Waals surface area contributed by atoms with E-state index in [1.54, 1.807) is 11.3 Å². The molecule has 4 aromatic heterocycles. The highest BCUT2D eigenvalue weighted by Gasteiger charge is 2.23. The van der Waals surface area contributed by atoms with E-state index in [1.807, 2.05) is 30.3 Å². The van der Waals surface area contributed by atoms with Gasteiger partial charge in [-0.25, -0.2) is 15.0 Å². The molecule has 0 saturated heterocycles. The van der Waals surface area contributed by atoms with E-state index < -0.39 is 0 Å². The van der Waals surface area contributed by atoms with Gasteiger partial charge in [-0.2, -0.15) is 0 Å². The van der Waals surface area contributed by atoms with Crippen LogP contribution in [0, 0.1) is 0 Å². The number of nitrogens with zero attached hydrogens (tertiary/aromatic N) is 4. The standard InChI is InChI=1S/C49H28N4OS/c1-2-13-30(14-3-1)47-50-48(31-23-27-43-37(28-31)33-16-8-11-21-42(33)55-43)52-49(51-47)36-24-26-40(46-45(36)35-18-7-10-20-41(35)54-46)53-38-19-9-6-17-34(38)44-32-15-5-4-12-29(32)22-25-39(44)53/h1-28H. The number of thiophene rings is 1. The van der Waals surface area contributed by atoms with Crippen molar-refractivity contribution in [3.63, 3.8) is 0 Å². The van der Waals surface area contributed by atoms with Crippen LogP contribution in [-0.2, 0) is 0 Å². The van der Waals surface area contributed by atoms with Gasteiger partial charge in [0.1, 0.15) is 5.58 Å². The zero-order valence-corrected chi connectivity index (χ0v) is 30.1. The van der Waals surface area contributed by atoms with Crippen LogP contribution in [0.1, 0.15) is 0 Å². The SMILES string of the molecule is c1ccc(-c2nc(-c3ccc4sc5ccccc5c4c3)nc(-c3ccc(-n4c5ccccc5c5c6ccccc6ccc54)c4oc5ccccc5c34)n2)cc1. The van der Waals surface area contributed by atoms with Crippen molar-refractivity contribution in [2.75, 3.05) is 0 Å². The highest BCUT2D eigenvalue weighted by atomic mass is 32.1. The van der Waals surface area contributed by atoms with Crippen LogP contribution in [0.15, 0.2) is 174 Å². The topological polar surface area (TPSA) is 56.7 Å². The van der Waals surface area contributed by atoms with Crippen molar-refractivity contribution in [2.24, 2.45) is 0 Å². The molecule has 0 amide bonds. The summed E-state index contributed by atoms with van der Waals surface area (Å²) < 4.78 is 11.7. The van der Waals surface area contributed by atoms with Gasteiger partial charge in [0, 0.05) is 58.4 Å². The lowest BCUT2D eigenvalue weighted by atomic mass is 10.0. The molecule has 0 radical (unpaired) electrons. The van der Waals surface area contributed by atoms with Gasteiger partial charge in [0.15, 0.2) is 23.1 Å². The summed E-state index contributed by atoms with van der Waals surface area (Å²) in [6.07, 6.45) is 0. The maximum atomic E-state index is 6.87. The molecule has 0 N–H and O–H groups in total. The summed E-state index contributed by atoms with van der Waals surface area (Å²) in [6.45, 7) is 0. The summed E-state index contributed by atoms with van der Waals surface area (Å²) in [5.41, 5.74) is 7.56. The first kappa shape index (κ1) is 30.3. The molecule has 0 aliphatic carbocycles. The Morgan fingerprint density at radius 1 is 0.436 bits per heavy atom. The number of aromatic nitrogens is 4. The number of benzene rings is 8. The first-order valence-electron chi connectivity index (χ1n) is 18.4. The Bertz CT molecular complexity index is 3500. The number of fused-ring (bicyclic) bond motifs is 11. The van der Waals surface area contributed by atoms with Crippen LogP contribution in [0.4, 0.5) is 0 Å². The average molecular weight is 721 g/mol. The minimum atomic E-state index is 0.593. The van der Waals surface area contributed by atoms with Crippen molar-refractivity contribution in [3.8, 4) is 39.9 Å². The molecule has 8 aromatic carbocycles. The minimum absolute atomic E-state index is 0.593. The lowest BCUT2D eigenvalue weighted by Gasteiger charge is -2.13. The van der Waals surface area contributed by atoms with Crippen LogP contribution in [0.3, 0.4) is 0 Å². The first-order valence-corrected chi connectivity index (χ1v) is 19.2. The molecule has 12 aromatic rings. The predicted octanol–water partition coefficient (Wildman–Crippen LogP) is 13.4. The van der Waals surface area contributed by atoms with Gasteiger partial charge >= 0.3 is 0 Å². The molecular weight excluding hydrogens is 693 g/mol. The Morgan fingerprint density at radius 3 is 2.02 bits per heavy atom. The number of para-hydroxylation sites is 2. The van der Waals surface area contributed by atoms with Crippen molar-refractivity contribution >= 4 is 86.0 Å². The van der Waals surface area contributed by atoms with Crippen LogP contribution >= 0.6 is 11.3 Å². The van der Waals surface area contributed by atoms with Crippen LogP contribution in [-0.4, -0.2) is 19.5 Å². The molecule has 5 nitrogen and oxygen atoms in total. The van der Waals surface area contributed by atoms with E-state index in [9.17, 15) is 0 Å². The quantitative estimate of drug-likeness (QED) is 0.182. The van der Waals surface area contributed by atoms with E-state index >= 15 is 0 Å². The summed E-state index contributed by atoms with van der Waals surface area (Å²) in [5, 5.41) is 9.29. The van der Waals surface area contributed by atoms with E-state index in [2.05, 4.69) is 144 Å². The second-order valence-corrected chi connectivity index (χ2v) is 15.0. The fraction of sp³-hybridized carbons (Fsp3) is 0. The first-order chi connectivity index (χ1) is 27.3. The van der Waals surface area contributed by atoms with Gasteiger partial charge in [0.25, 0.3) is 0 Å². The normalized spacial score (nSPS) is 12.0. The Hall–Kier alpha value is -7.15. The zero-order valence-electron chi connectivity index (χ0n) is 29.3. The van der Waals surface area contributed by atoms with Gasteiger partial charge in [0.05, 0.1) is 16.7 Å². The monoisotopic (exact) mass is 720 g/mol. The third-order valence-corrected chi connectivity index (χ3v) is 12.0. The maximum Gasteiger partial charge on any atom is 0.164 e. The smallest absolute Gasteiger partial charge is 0.164 e. The highest BCUT2D eigenvalue weighted by Crippen LogP contribution is 2.44. The molecule has 256 valence electrons. The average Bonchev–Trinajstić information content (AvgIpc) is 3.93. The van der Waals surface area contributed by atoms with Crippen molar-refractivity contribution in [2.45, 2.75) is 0 Å². The molecule has 0 unspecified atom stereocenters. The third-order valence-electron chi connectivity index (χ3n) is 10.9. The van der Waals surface area contributed by atoms with Crippen LogP contribution in [0.25, 0.3) is 115 Å². The van der Waals surface area contributed by atoms with Crippen molar-refractivity contribution in [3.05, 3.63) is 170 Å². The molecule has 0 saturated carbocycles. The molecule has 0 atom stereocenters. The fourth-order valence-corrected chi connectivity index (χ4v) is 9.47. The zero-order chi connectivity index (χ0) is 36.0. The molecule has 0 fully saturated rings. The van der Waals surface area contributed by atoms with Gasteiger partial charge in [-0.15, -0.1) is 11.3 Å². The van der Waals surface area contributed by atoms with E-state index in [1.165, 1.54) is 41.7 Å². The van der Waals surface area contributed by atoms with Gasteiger partial charge in [-0.1, -0.05) is 115 Å². The van der Waals surface area contributed by atoms with Crippen molar-refractivity contribution < 1.29 is 4.42 Å². The Morgan fingerprint density at radius 2 is 1.13 bits per heavy atom. The van der Waals surface area contributed by atoms with Crippen LogP contribution in [0.2, 0.25) is 0 Å². The van der Waals surface area contributed by atoms with Crippen LogP contribution < -0.4 is 0 Å². The second kappa shape index (κ2) is 11.7. The van der Waals surface area contributed by atoms with Gasteiger partial charge in [-0.3, -0.25) is 0 Å². The maximum absolute atomic E-state index is 6.87. The Labute approximate surface area is 318 Å². The predicted molar refractivity (Wildman–Crippen MR) is 228 cm³/mol. The van der Waals surface area contributed by atoms with Gasteiger partial charge in [-0.05, 0) is 65.4 Å². The van der Waals surface area contributed by atoms with E-state index in [4.69, 9.17) is 19.4 Å². The molecule has 12 rings (SSSR count). The summed E-state index contributed by atoms with van der Waals surface area (Å²) in [7, 11) is 0. The largest absolute Gasteiger partial charge is 0.454 e. The summed E-state index contributed by atoms with van der Waals surface area (Å²) in [6, 6.07) is 59.5. The second-order valence-electron chi connectivity index (χ2n) is 13.9. The molecule has 55 heavy (non-hydrogen) atoms. The molecule has 0 bridgehead atoms. The molecule has 6 heteroatoms. The van der Waals surface area contributed by atoms with E-state index in [-0.39, 0.29) is 0 Å². The highest BCUT2D eigenvalue weighted by molar-refractivity contribution is 7.25. The Kier molecular flexibility index (Phi) is 6.44. The van der Waals surface area contributed by atoms with Gasteiger partial charge < -0.3 is 8.98 Å². The van der Waals surface area contributed by atoms with Gasteiger partial charge in [0.2, 0.25) is 0 Å². The molecule has 0 aliphatic heterocycles. The van der Waals surface area contributed by atoms with Crippen LogP contribution in [0.5, 0.6) is 0 Å². The summed E-state index contributed by atoms with van der Waals surface area (Å²) in [5.74, 6) is 1.84. The lowest BCUT2D eigenvalue weighted by molar-refractivity contribution is 0.666. The Balaban J connectivity index is 1.14. The minimum Gasteiger partial charge on any atom is -0.454 e. The van der Waals surface area contributed by atoms with Crippen molar-refractivity contribution in [1.82, 2.24) is 19.5 Å². The number of furan rings is 1. The number of hydrogen-bond donors (Lipinski definition) is 0. The fourth-order valence-electron chi connectivity index (χ4n) is 8.38.